The van der Waals surface area contributed by atoms with E-state index in [1.54, 1.807) is 4.67 Å². The van der Waals surface area contributed by atoms with Gasteiger partial charge < -0.3 is 20.7 Å². The number of hydrogen-bond donors (Lipinski definition) is 3. The van der Waals surface area contributed by atoms with E-state index < -0.39 is 19.6 Å². The van der Waals surface area contributed by atoms with Crippen molar-refractivity contribution in [1.82, 2.24) is 4.67 Å². The van der Waals surface area contributed by atoms with Crippen molar-refractivity contribution >= 4 is 7.95 Å². The SMILES string of the molecule is CC(C)N(C(C)C)[P+](=O)[C@](O)(OCCC#N)C(O)CN. The fourth-order valence-corrected chi connectivity index (χ4v) is 3.59. The highest BCUT2D eigenvalue weighted by molar-refractivity contribution is 7.43. The van der Waals surface area contributed by atoms with Crippen LogP contribution < -0.4 is 5.73 Å². The largest absolute Gasteiger partial charge is 0.505 e. The molecule has 20 heavy (non-hydrogen) atoms. The fraction of sp³-hybridized carbons (Fsp3) is 0.917. The number of ether oxygens (including phenoxy) is 1. The smallest absolute Gasteiger partial charge is 0.381 e. The maximum Gasteiger partial charge on any atom is 0.505 e. The first kappa shape index (κ1) is 19.4. The Morgan fingerprint density at radius 1 is 1.40 bits per heavy atom. The van der Waals surface area contributed by atoms with Crippen LogP contribution in [0, 0.1) is 11.3 Å². The Labute approximate surface area is 121 Å². The quantitative estimate of drug-likeness (QED) is 0.326. The lowest BCUT2D eigenvalue weighted by atomic mass is 10.3. The highest BCUT2D eigenvalue weighted by Crippen LogP contribution is 2.46. The Morgan fingerprint density at radius 3 is 2.25 bits per heavy atom. The van der Waals surface area contributed by atoms with Crippen molar-refractivity contribution < 1.29 is 19.5 Å². The van der Waals surface area contributed by atoms with E-state index in [1.165, 1.54) is 0 Å². The topological polar surface area (TPSA) is 120 Å². The van der Waals surface area contributed by atoms with Gasteiger partial charge in [-0.1, -0.05) is 4.67 Å². The minimum atomic E-state index is -2.45. The lowest BCUT2D eigenvalue weighted by Gasteiger charge is -2.28. The van der Waals surface area contributed by atoms with Gasteiger partial charge in [-0.2, -0.15) is 5.26 Å². The highest BCUT2D eigenvalue weighted by atomic mass is 31.1. The summed E-state index contributed by atoms with van der Waals surface area (Å²) in [5.41, 5.74) is 3.07. The molecule has 0 aliphatic rings. The minimum Gasteiger partial charge on any atom is -0.381 e. The van der Waals surface area contributed by atoms with Gasteiger partial charge in [0.15, 0.2) is 6.10 Å². The van der Waals surface area contributed by atoms with Crippen molar-refractivity contribution in [2.45, 2.75) is 57.8 Å². The number of hydrogen-bond acceptors (Lipinski definition) is 6. The number of nitriles is 1. The molecule has 0 heterocycles. The normalized spacial score (nSPS) is 17.1. The van der Waals surface area contributed by atoms with E-state index in [1.807, 2.05) is 33.8 Å². The van der Waals surface area contributed by atoms with Gasteiger partial charge in [-0.25, -0.2) is 0 Å². The van der Waals surface area contributed by atoms with Crippen LogP contribution in [0.2, 0.25) is 0 Å². The lowest BCUT2D eigenvalue weighted by molar-refractivity contribution is -0.195. The first-order valence-corrected chi connectivity index (χ1v) is 7.80. The average molecular weight is 306 g/mol. The van der Waals surface area contributed by atoms with E-state index >= 15 is 0 Å². The Bertz CT molecular complexity index is 351. The molecule has 8 heteroatoms. The van der Waals surface area contributed by atoms with Crippen molar-refractivity contribution in [2.24, 2.45) is 5.73 Å². The zero-order valence-corrected chi connectivity index (χ0v) is 13.4. The van der Waals surface area contributed by atoms with Gasteiger partial charge in [0.2, 0.25) is 0 Å². The van der Waals surface area contributed by atoms with Crippen LogP contribution in [0.4, 0.5) is 0 Å². The predicted molar refractivity (Wildman–Crippen MR) is 75.9 cm³/mol. The molecule has 0 amide bonds. The van der Waals surface area contributed by atoms with Gasteiger partial charge in [0.05, 0.1) is 19.1 Å². The van der Waals surface area contributed by atoms with Crippen LogP contribution in [0.15, 0.2) is 0 Å². The van der Waals surface area contributed by atoms with Crippen molar-refractivity contribution in [3.63, 3.8) is 0 Å². The summed E-state index contributed by atoms with van der Waals surface area (Å²) in [7, 11) is -2.45. The van der Waals surface area contributed by atoms with Gasteiger partial charge in [-0.15, -0.1) is 0 Å². The molecule has 0 saturated heterocycles. The third-order valence-electron chi connectivity index (χ3n) is 2.73. The molecule has 0 aromatic carbocycles. The molecule has 0 rings (SSSR count). The molecule has 0 aliphatic carbocycles. The van der Waals surface area contributed by atoms with Gasteiger partial charge in [0.1, 0.15) is 0 Å². The Kier molecular flexibility index (Phi) is 8.36. The van der Waals surface area contributed by atoms with E-state index in [2.05, 4.69) is 0 Å². The fourth-order valence-electron chi connectivity index (χ4n) is 1.86. The molecule has 0 aliphatic heterocycles. The zero-order chi connectivity index (χ0) is 15.9. The second kappa shape index (κ2) is 8.63. The third-order valence-corrected chi connectivity index (χ3v) is 5.05. The van der Waals surface area contributed by atoms with Crippen molar-refractivity contribution in [3.05, 3.63) is 0 Å². The number of nitrogens with zero attached hydrogens (tertiary/aromatic N) is 2. The van der Waals surface area contributed by atoms with Crippen LogP contribution in [-0.2, 0) is 9.30 Å². The van der Waals surface area contributed by atoms with Gasteiger partial charge in [-0.3, -0.25) is 0 Å². The molecule has 0 radical (unpaired) electrons. The molecular formula is C12H25N3O4P+. The zero-order valence-electron chi connectivity index (χ0n) is 12.5. The first-order chi connectivity index (χ1) is 9.22. The van der Waals surface area contributed by atoms with E-state index in [4.69, 9.17) is 15.7 Å². The molecule has 2 unspecified atom stereocenters. The van der Waals surface area contributed by atoms with Crippen molar-refractivity contribution in [3.8, 4) is 6.07 Å². The first-order valence-electron chi connectivity index (χ1n) is 6.59. The monoisotopic (exact) mass is 306 g/mol. The van der Waals surface area contributed by atoms with Crippen LogP contribution >= 0.6 is 7.95 Å². The maximum absolute atomic E-state index is 12.6. The maximum atomic E-state index is 12.6. The summed E-state index contributed by atoms with van der Waals surface area (Å²) >= 11 is 0. The lowest BCUT2D eigenvalue weighted by Crippen LogP contribution is -2.50. The molecule has 3 atom stereocenters. The standard InChI is InChI=1S/C12H25N3O4P/c1-9(2)15(10(3)4)20(18)12(17,11(16)8-14)19-7-5-6-13/h9-11,16-17H,5,7-8,14H2,1-4H3/q+1/t11?,12-/m1/s1. The number of aliphatic hydroxyl groups excluding tert-OH is 1. The van der Waals surface area contributed by atoms with E-state index in [0.717, 1.165) is 0 Å². The third kappa shape index (κ3) is 4.74. The summed E-state index contributed by atoms with van der Waals surface area (Å²) in [6.07, 6.45) is -1.48. The summed E-state index contributed by atoms with van der Waals surface area (Å²) in [6, 6.07) is 1.62. The number of rotatable bonds is 9. The summed E-state index contributed by atoms with van der Waals surface area (Å²) in [4.78, 5) is 0. The van der Waals surface area contributed by atoms with Gasteiger partial charge in [0.25, 0.3) is 0 Å². The predicted octanol–water partition coefficient (Wildman–Crippen LogP) is 0.744. The second-order valence-electron chi connectivity index (χ2n) is 5.01. The summed E-state index contributed by atoms with van der Waals surface area (Å²) < 4.78 is 19.3. The molecule has 0 aromatic rings. The van der Waals surface area contributed by atoms with Crippen LogP contribution in [-0.4, -0.2) is 51.8 Å². The van der Waals surface area contributed by atoms with Crippen LogP contribution in [0.3, 0.4) is 0 Å². The molecule has 0 fully saturated rings. The van der Waals surface area contributed by atoms with E-state index in [0.29, 0.717) is 0 Å². The molecule has 0 bridgehead atoms. The molecule has 4 N–H and O–H groups in total. The minimum absolute atomic E-state index is 0.0200. The van der Waals surface area contributed by atoms with Crippen molar-refractivity contribution in [2.75, 3.05) is 13.2 Å². The van der Waals surface area contributed by atoms with Gasteiger partial charge in [0, 0.05) is 18.6 Å². The Balaban J connectivity index is 5.29. The summed E-state index contributed by atoms with van der Waals surface area (Å²) in [5, 5.41) is 28.8. The Morgan fingerprint density at radius 2 is 1.90 bits per heavy atom. The number of aliphatic hydroxyl groups is 2. The van der Waals surface area contributed by atoms with Crippen LogP contribution in [0.5, 0.6) is 0 Å². The summed E-state index contributed by atoms with van der Waals surface area (Å²) in [5.74, 6) is 0. The number of nitrogens with two attached hydrogens (primary N) is 1. The Hall–Kier alpha value is -0.610. The molecule has 0 spiro atoms. The van der Waals surface area contributed by atoms with Crippen LogP contribution in [0.25, 0.3) is 0 Å². The second-order valence-corrected chi connectivity index (χ2v) is 6.66. The average Bonchev–Trinajstić information content (AvgIpc) is 2.36. The van der Waals surface area contributed by atoms with E-state index in [-0.39, 0.29) is 31.7 Å². The molecule has 0 saturated carbocycles. The van der Waals surface area contributed by atoms with Crippen molar-refractivity contribution in [1.29, 1.82) is 5.26 Å². The molecule has 7 nitrogen and oxygen atoms in total. The summed E-state index contributed by atoms with van der Waals surface area (Å²) in [6.45, 7) is 6.90. The molecule has 0 aromatic heterocycles. The van der Waals surface area contributed by atoms with E-state index in [9.17, 15) is 14.8 Å². The highest BCUT2D eigenvalue weighted by Gasteiger charge is 2.60. The van der Waals surface area contributed by atoms with Gasteiger partial charge in [-0.05, 0) is 32.3 Å². The van der Waals surface area contributed by atoms with Crippen LogP contribution in [0.1, 0.15) is 34.1 Å². The molecular weight excluding hydrogens is 281 g/mol. The van der Waals surface area contributed by atoms with Gasteiger partial charge >= 0.3 is 13.5 Å². The molecule has 116 valence electrons.